The van der Waals surface area contributed by atoms with Gasteiger partial charge in [-0.2, -0.15) is 13.2 Å². The molecule has 0 amide bonds. The Kier molecular flexibility index (Phi) is 5.47. The zero-order valence-electron chi connectivity index (χ0n) is 10.3. The molecule has 0 aliphatic rings. The van der Waals surface area contributed by atoms with Crippen LogP contribution in [0.4, 0.5) is 13.2 Å². The Morgan fingerprint density at radius 1 is 1.15 bits per heavy atom. The van der Waals surface area contributed by atoms with Crippen LogP contribution in [0, 0.1) is 11.8 Å². The minimum atomic E-state index is -4.99. The highest BCUT2D eigenvalue weighted by molar-refractivity contribution is 6.09. The molecule has 0 fully saturated rings. The van der Waals surface area contributed by atoms with Crippen molar-refractivity contribution < 1.29 is 27.9 Å². The van der Waals surface area contributed by atoms with Crippen molar-refractivity contribution in [3.05, 3.63) is 35.4 Å². The first-order valence-electron chi connectivity index (χ1n) is 5.67. The second kappa shape index (κ2) is 6.87. The highest BCUT2D eigenvalue weighted by Crippen LogP contribution is 2.19. The summed E-state index contributed by atoms with van der Waals surface area (Å²) in [5, 5.41) is 8.54. The fourth-order valence-electron chi connectivity index (χ4n) is 1.31. The van der Waals surface area contributed by atoms with Gasteiger partial charge in [-0.3, -0.25) is 9.59 Å². The standard InChI is InChI=1S/C14H11F3O3/c15-14(16,17)13(20)9-12(19)11-6-4-10(5-7-11)3-1-2-8-18/h4-7,18H,2,8-9H2. The number of hydrogen-bond acceptors (Lipinski definition) is 3. The summed E-state index contributed by atoms with van der Waals surface area (Å²) in [6.07, 6.45) is -5.88. The SMILES string of the molecule is O=C(CC(=O)C(F)(F)F)c1ccc(C#CCCO)cc1. The smallest absolute Gasteiger partial charge is 0.395 e. The molecule has 3 nitrogen and oxygen atoms in total. The lowest BCUT2D eigenvalue weighted by Gasteiger charge is -2.04. The van der Waals surface area contributed by atoms with Crippen molar-refractivity contribution in [1.82, 2.24) is 0 Å². The van der Waals surface area contributed by atoms with Crippen molar-refractivity contribution in [2.75, 3.05) is 6.61 Å². The van der Waals surface area contributed by atoms with Gasteiger partial charge in [0.15, 0.2) is 5.78 Å². The molecule has 0 spiro atoms. The van der Waals surface area contributed by atoms with Gasteiger partial charge in [0.2, 0.25) is 5.78 Å². The van der Waals surface area contributed by atoms with E-state index in [4.69, 9.17) is 5.11 Å². The molecule has 0 unspecified atom stereocenters. The van der Waals surface area contributed by atoms with Crippen LogP contribution in [-0.2, 0) is 4.79 Å². The lowest BCUT2D eigenvalue weighted by Crippen LogP contribution is -2.25. The first-order chi connectivity index (χ1) is 9.34. The summed E-state index contributed by atoms with van der Waals surface area (Å²) in [4.78, 5) is 22.2. The summed E-state index contributed by atoms with van der Waals surface area (Å²) in [6, 6.07) is 5.56. The number of hydrogen-bond donors (Lipinski definition) is 1. The van der Waals surface area contributed by atoms with Crippen molar-refractivity contribution >= 4 is 11.6 Å². The molecule has 0 aromatic heterocycles. The summed E-state index contributed by atoms with van der Waals surface area (Å²) >= 11 is 0. The third kappa shape index (κ3) is 4.86. The highest BCUT2D eigenvalue weighted by atomic mass is 19.4. The second-order valence-electron chi connectivity index (χ2n) is 3.87. The van der Waals surface area contributed by atoms with E-state index in [-0.39, 0.29) is 12.2 Å². The number of carbonyl (C=O) groups is 2. The van der Waals surface area contributed by atoms with Gasteiger partial charge < -0.3 is 5.11 Å². The molecule has 0 atom stereocenters. The van der Waals surface area contributed by atoms with Gasteiger partial charge in [0.25, 0.3) is 0 Å². The normalized spacial score (nSPS) is 10.6. The summed E-state index contributed by atoms with van der Waals surface area (Å²) in [6.45, 7) is -0.0663. The number of alkyl halides is 3. The number of aliphatic hydroxyl groups excluding tert-OH is 1. The van der Waals surface area contributed by atoms with Crippen LogP contribution in [0.3, 0.4) is 0 Å². The molecule has 1 aromatic rings. The van der Waals surface area contributed by atoms with E-state index in [1.807, 2.05) is 0 Å². The fraction of sp³-hybridized carbons (Fsp3) is 0.286. The molecule has 1 N–H and O–H groups in total. The van der Waals surface area contributed by atoms with E-state index in [0.717, 1.165) is 0 Å². The van der Waals surface area contributed by atoms with Gasteiger partial charge in [-0.25, -0.2) is 0 Å². The van der Waals surface area contributed by atoms with Crippen molar-refractivity contribution in [3.8, 4) is 11.8 Å². The van der Waals surface area contributed by atoms with Crippen LogP contribution in [0.5, 0.6) is 0 Å². The maximum Gasteiger partial charge on any atom is 0.450 e. The van der Waals surface area contributed by atoms with Crippen LogP contribution in [0.15, 0.2) is 24.3 Å². The van der Waals surface area contributed by atoms with Gasteiger partial charge >= 0.3 is 6.18 Å². The van der Waals surface area contributed by atoms with Gasteiger partial charge in [0.1, 0.15) is 0 Å². The maximum atomic E-state index is 12.0. The minimum absolute atomic E-state index is 0.0234. The molecule has 1 aromatic carbocycles. The van der Waals surface area contributed by atoms with Gasteiger partial charge in [-0.05, 0) is 12.1 Å². The molecule has 20 heavy (non-hydrogen) atoms. The van der Waals surface area contributed by atoms with Crippen molar-refractivity contribution in [2.45, 2.75) is 19.0 Å². The Morgan fingerprint density at radius 2 is 1.75 bits per heavy atom. The van der Waals surface area contributed by atoms with Gasteiger partial charge in [0.05, 0.1) is 13.0 Å². The molecule has 0 aliphatic carbocycles. The second-order valence-corrected chi connectivity index (χ2v) is 3.87. The van der Waals surface area contributed by atoms with Crippen molar-refractivity contribution in [2.24, 2.45) is 0 Å². The van der Waals surface area contributed by atoms with Crippen LogP contribution < -0.4 is 0 Å². The first kappa shape index (κ1) is 15.9. The van der Waals surface area contributed by atoms with Crippen LogP contribution >= 0.6 is 0 Å². The Morgan fingerprint density at radius 3 is 2.25 bits per heavy atom. The van der Waals surface area contributed by atoms with Crippen LogP contribution in [0.1, 0.15) is 28.8 Å². The number of halogens is 3. The first-order valence-corrected chi connectivity index (χ1v) is 5.67. The number of carbonyl (C=O) groups excluding carboxylic acids is 2. The largest absolute Gasteiger partial charge is 0.450 e. The lowest BCUT2D eigenvalue weighted by molar-refractivity contribution is -0.170. The van der Waals surface area contributed by atoms with Crippen molar-refractivity contribution in [1.29, 1.82) is 0 Å². The van der Waals surface area contributed by atoms with Crippen LogP contribution in [0.25, 0.3) is 0 Å². The van der Waals surface area contributed by atoms with E-state index in [2.05, 4.69) is 11.8 Å². The summed E-state index contributed by atoms with van der Waals surface area (Å²) in [5.74, 6) is 2.43. The number of Topliss-reactive ketones (excluding diaryl/α,β-unsaturated/α-hetero) is 2. The number of aliphatic hydroxyl groups is 1. The Hall–Kier alpha value is -2.13. The Balaban J connectivity index is 2.72. The number of benzene rings is 1. The molecule has 1 rings (SSSR count). The molecule has 0 heterocycles. The zero-order chi connectivity index (χ0) is 15.2. The fourth-order valence-corrected chi connectivity index (χ4v) is 1.31. The van der Waals surface area contributed by atoms with Crippen molar-refractivity contribution in [3.63, 3.8) is 0 Å². The Labute approximate surface area is 113 Å². The third-order valence-electron chi connectivity index (χ3n) is 2.31. The predicted octanol–water partition coefficient (Wildman–Crippen LogP) is 2.12. The number of rotatable bonds is 4. The average molecular weight is 284 g/mol. The average Bonchev–Trinajstić information content (AvgIpc) is 2.38. The summed E-state index contributed by atoms with van der Waals surface area (Å²) in [5.41, 5.74) is 0.590. The topological polar surface area (TPSA) is 54.4 Å². The molecule has 0 saturated carbocycles. The quantitative estimate of drug-likeness (QED) is 0.523. The molecule has 0 radical (unpaired) electrons. The number of ketones is 2. The van der Waals surface area contributed by atoms with Gasteiger partial charge in [-0.1, -0.05) is 24.0 Å². The highest BCUT2D eigenvalue weighted by Gasteiger charge is 2.39. The van der Waals surface area contributed by atoms with E-state index in [1.165, 1.54) is 24.3 Å². The Bertz CT molecular complexity index is 548. The molecular formula is C14H11F3O3. The molecule has 0 aliphatic heterocycles. The van der Waals surface area contributed by atoms with E-state index in [0.29, 0.717) is 12.0 Å². The summed E-state index contributed by atoms with van der Waals surface area (Å²) < 4.78 is 36.1. The van der Waals surface area contributed by atoms with E-state index < -0.39 is 24.2 Å². The molecular weight excluding hydrogens is 273 g/mol. The van der Waals surface area contributed by atoms with Crippen LogP contribution in [-0.4, -0.2) is 29.5 Å². The van der Waals surface area contributed by atoms with E-state index in [1.54, 1.807) is 0 Å². The lowest BCUT2D eigenvalue weighted by atomic mass is 10.0. The maximum absolute atomic E-state index is 12.0. The van der Waals surface area contributed by atoms with E-state index >= 15 is 0 Å². The zero-order valence-corrected chi connectivity index (χ0v) is 10.3. The third-order valence-corrected chi connectivity index (χ3v) is 2.31. The molecule has 0 saturated heterocycles. The molecule has 0 bridgehead atoms. The minimum Gasteiger partial charge on any atom is -0.395 e. The monoisotopic (exact) mass is 284 g/mol. The van der Waals surface area contributed by atoms with Gasteiger partial charge in [-0.15, -0.1) is 0 Å². The van der Waals surface area contributed by atoms with E-state index in [9.17, 15) is 22.8 Å². The van der Waals surface area contributed by atoms with Gasteiger partial charge in [0, 0.05) is 17.5 Å². The van der Waals surface area contributed by atoms with Crippen LogP contribution in [0.2, 0.25) is 0 Å². The summed E-state index contributed by atoms with van der Waals surface area (Å²) in [7, 11) is 0. The predicted molar refractivity (Wildman–Crippen MR) is 65.0 cm³/mol. The molecule has 106 valence electrons. The molecule has 6 heteroatoms.